The number of anilines is 1. The Labute approximate surface area is 121 Å². The van der Waals surface area contributed by atoms with E-state index < -0.39 is 0 Å². The van der Waals surface area contributed by atoms with Gasteiger partial charge in [-0.15, -0.1) is 0 Å². The van der Waals surface area contributed by atoms with E-state index in [9.17, 15) is 9.59 Å². The normalized spacial score (nSPS) is 10.2. The Morgan fingerprint density at radius 3 is 2.55 bits per heavy atom. The maximum Gasteiger partial charge on any atom is 0.240 e. The second-order valence-corrected chi connectivity index (χ2v) is 5.10. The summed E-state index contributed by atoms with van der Waals surface area (Å²) in [6, 6.07) is 5.91. The van der Waals surface area contributed by atoms with Crippen molar-refractivity contribution in [2.75, 3.05) is 18.0 Å². The van der Waals surface area contributed by atoms with E-state index in [0.29, 0.717) is 6.54 Å². The molecule has 0 spiro atoms. The molecule has 0 aliphatic rings. The van der Waals surface area contributed by atoms with Crippen molar-refractivity contribution >= 4 is 17.5 Å². The smallest absolute Gasteiger partial charge is 0.240 e. The molecule has 1 N–H and O–H groups in total. The molecule has 0 saturated carbocycles. The Balaban J connectivity index is 2.82. The Hall–Kier alpha value is -1.84. The van der Waals surface area contributed by atoms with E-state index in [0.717, 1.165) is 29.7 Å². The molecule has 0 unspecified atom stereocenters. The fourth-order valence-corrected chi connectivity index (χ4v) is 1.98. The molecule has 0 bridgehead atoms. The van der Waals surface area contributed by atoms with Gasteiger partial charge in [0, 0.05) is 19.2 Å². The first-order chi connectivity index (χ1) is 9.45. The summed E-state index contributed by atoms with van der Waals surface area (Å²) in [4.78, 5) is 25.2. The Kier molecular flexibility index (Phi) is 6.22. The third kappa shape index (κ3) is 4.68. The van der Waals surface area contributed by atoms with Crippen LogP contribution in [0.25, 0.3) is 0 Å². The first kappa shape index (κ1) is 16.2. The van der Waals surface area contributed by atoms with Gasteiger partial charge in [-0.2, -0.15) is 0 Å². The van der Waals surface area contributed by atoms with Crippen LogP contribution in [0, 0.1) is 13.8 Å². The van der Waals surface area contributed by atoms with Crippen molar-refractivity contribution < 1.29 is 9.59 Å². The van der Waals surface area contributed by atoms with Crippen molar-refractivity contribution in [1.82, 2.24) is 5.32 Å². The number of carbonyl (C=O) groups excluding carboxylic acids is 2. The zero-order valence-corrected chi connectivity index (χ0v) is 12.8. The van der Waals surface area contributed by atoms with Gasteiger partial charge in [0.2, 0.25) is 11.8 Å². The molecule has 20 heavy (non-hydrogen) atoms. The zero-order valence-electron chi connectivity index (χ0n) is 12.8. The maximum absolute atomic E-state index is 11.9. The number of rotatable bonds is 6. The van der Waals surface area contributed by atoms with Crippen LogP contribution in [0.2, 0.25) is 0 Å². The van der Waals surface area contributed by atoms with Crippen LogP contribution in [0.3, 0.4) is 0 Å². The van der Waals surface area contributed by atoms with E-state index in [4.69, 9.17) is 0 Å². The molecule has 4 nitrogen and oxygen atoms in total. The first-order valence-electron chi connectivity index (χ1n) is 7.07. The number of carbonyl (C=O) groups is 2. The van der Waals surface area contributed by atoms with Crippen LogP contribution in [0.15, 0.2) is 18.2 Å². The van der Waals surface area contributed by atoms with Crippen molar-refractivity contribution in [3.63, 3.8) is 0 Å². The molecular weight excluding hydrogens is 252 g/mol. The average Bonchev–Trinajstić information content (AvgIpc) is 2.39. The molecule has 0 fully saturated rings. The van der Waals surface area contributed by atoms with Crippen molar-refractivity contribution in [3.05, 3.63) is 29.3 Å². The zero-order chi connectivity index (χ0) is 15.1. The number of hydrogen-bond donors (Lipinski definition) is 1. The molecule has 0 aliphatic heterocycles. The monoisotopic (exact) mass is 276 g/mol. The molecule has 0 atom stereocenters. The minimum absolute atomic E-state index is 0.0728. The van der Waals surface area contributed by atoms with Crippen molar-refractivity contribution in [2.24, 2.45) is 0 Å². The van der Waals surface area contributed by atoms with E-state index in [1.54, 1.807) is 0 Å². The number of nitrogens with one attached hydrogen (secondary N) is 1. The van der Waals surface area contributed by atoms with Gasteiger partial charge in [0.05, 0.1) is 0 Å². The standard InChI is InChI=1S/C16H24N2O2/c1-5-6-9-17-16(20)11-18(14(4)19)15-10-12(2)7-8-13(15)3/h7-8,10H,5-6,9,11H2,1-4H3,(H,17,20). The van der Waals surface area contributed by atoms with Gasteiger partial charge in [-0.05, 0) is 37.5 Å². The highest BCUT2D eigenvalue weighted by Gasteiger charge is 2.17. The third-order valence-corrected chi connectivity index (χ3v) is 3.19. The SMILES string of the molecule is CCCCNC(=O)CN(C(C)=O)c1cc(C)ccc1C. The molecule has 0 saturated heterocycles. The molecule has 1 rings (SSSR count). The molecule has 0 heterocycles. The number of benzene rings is 1. The lowest BCUT2D eigenvalue weighted by atomic mass is 10.1. The second-order valence-electron chi connectivity index (χ2n) is 5.10. The molecule has 2 amide bonds. The Morgan fingerprint density at radius 2 is 1.95 bits per heavy atom. The predicted octanol–water partition coefficient (Wildman–Crippen LogP) is 2.57. The maximum atomic E-state index is 11.9. The van der Waals surface area contributed by atoms with E-state index in [2.05, 4.69) is 12.2 Å². The van der Waals surface area contributed by atoms with Gasteiger partial charge >= 0.3 is 0 Å². The van der Waals surface area contributed by atoms with Crippen molar-refractivity contribution in [2.45, 2.75) is 40.5 Å². The minimum atomic E-state index is -0.121. The number of nitrogens with zero attached hydrogens (tertiary/aromatic N) is 1. The summed E-state index contributed by atoms with van der Waals surface area (Å²) in [6.45, 7) is 8.21. The molecule has 0 aromatic heterocycles. The number of hydrogen-bond acceptors (Lipinski definition) is 2. The van der Waals surface area contributed by atoms with Gasteiger partial charge in [0.1, 0.15) is 6.54 Å². The molecular formula is C16H24N2O2. The van der Waals surface area contributed by atoms with E-state index in [1.807, 2.05) is 32.0 Å². The van der Waals surface area contributed by atoms with Crippen LogP contribution in [0.1, 0.15) is 37.8 Å². The van der Waals surface area contributed by atoms with Crippen LogP contribution in [-0.2, 0) is 9.59 Å². The van der Waals surface area contributed by atoms with Gasteiger partial charge in [-0.25, -0.2) is 0 Å². The van der Waals surface area contributed by atoms with Crippen LogP contribution in [0.4, 0.5) is 5.69 Å². The van der Waals surface area contributed by atoms with Crippen LogP contribution < -0.4 is 10.2 Å². The minimum Gasteiger partial charge on any atom is -0.355 e. The fraction of sp³-hybridized carbons (Fsp3) is 0.500. The summed E-state index contributed by atoms with van der Waals surface area (Å²) in [7, 11) is 0. The third-order valence-electron chi connectivity index (χ3n) is 3.19. The van der Waals surface area contributed by atoms with Crippen LogP contribution in [0.5, 0.6) is 0 Å². The quantitative estimate of drug-likeness (QED) is 0.812. The Morgan fingerprint density at radius 1 is 1.25 bits per heavy atom. The van der Waals surface area contributed by atoms with E-state index in [1.165, 1.54) is 11.8 Å². The summed E-state index contributed by atoms with van der Waals surface area (Å²) in [5.74, 6) is -0.237. The van der Waals surface area contributed by atoms with Gasteiger partial charge in [0.25, 0.3) is 0 Å². The van der Waals surface area contributed by atoms with Crippen molar-refractivity contribution in [3.8, 4) is 0 Å². The molecule has 1 aromatic rings. The van der Waals surface area contributed by atoms with Gasteiger partial charge < -0.3 is 10.2 Å². The predicted molar refractivity (Wildman–Crippen MR) is 81.9 cm³/mol. The lowest BCUT2D eigenvalue weighted by Crippen LogP contribution is -2.40. The summed E-state index contributed by atoms with van der Waals surface area (Å²) in [5, 5.41) is 2.84. The van der Waals surface area contributed by atoms with Gasteiger partial charge in [-0.1, -0.05) is 25.5 Å². The van der Waals surface area contributed by atoms with Gasteiger partial charge in [0.15, 0.2) is 0 Å². The van der Waals surface area contributed by atoms with Gasteiger partial charge in [-0.3, -0.25) is 9.59 Å². The summed E-state index contributed by atoms with van der Waals surface area (Å²) in [6.07, 6.45) is 1.99. The molecule has 110 valence electrons. The highest BCUT2D eigenvalue weighted by Crippen LogP contribution is 2.21. The summed E-state index contributed by atoms with van der Waals surface area (Å²) >= 11 is 0. The lowest BCUT2D eigenvalue weighted by molar-refractivity contribution is -0.123. The van der Waals surface area contributed by atoms with Crippen LogP contribution in [-0.4, -0.2) is 24.9 Å². The van der Waals surface area contributed by atoms with E-state index in [-0.39, 0.29) is 18.4 Å². The highest BCUT2D eigenvalue weighted by molar-refractivity contribution is 5.98. The Bertz CT molecular complexity index is 483. The molecule has 0 radical (unpaired) electrons. The lowest BCUT2D eigenvalue weighted by Gasteiger charge is -2.23. The van der Waals surface area contributed by atoms with E-state index >= 15 is 0 Å². The summed E-state index contributed by atoms with van der Waals surface area (Å²) < 4.78 is 0. The largest absolute Gasteiger partial charge is 0.355 e. The number of amides is 2. The highest BCUT2D eigenvalue weighted by atomic mass is 16.2. The van der Waals surface area contributed by atoms with Crippen molar-refractivity contribution in [1.29, 1.82) is 0 Å². The van der Waals surface area contributed by atoms with Crippen LogP contribution >= 0.6 is 0 Å². The number of unbranched alkanes of at least 4 members (excludes halogenated alkanes) is 1. The topological polar surface area (TPSA) is 49.4 Å². The second kappa shape index (κ2) is 7.68. The number of aryl methyl sites for hydroxylation is 2. The molecule has 4 heteroatoms. The fourth-order valence-electron chi connectivity index (χ4n) is 1.98. The molecule has 0 aliphatic carbocycles. The molecule has 1 aromatic carbocycles. The average molecular weight is 276 g/mol. The summed E-state index contributed by atoms with van der Waals surface area (Å²) in [5.41, 5.74) is 2.87. The first-order valence-corrected chi connectivity index (χ1v) is 7.07.